The van der Waals surface area contributed by atoms with Crippen molar-refractivity contribution in [1.29, 1.82) is 0 Å². The van der Waals surface area contributed by atoms with Crippen molar-refractivity contribution in [2.75, 3.05) is 0 Å². The molecular formula is C15H17NO2. The number of aromatic nitrogens is 1. The number of hydrogen-bond donors (Lipinski definition) is 1. The maximum atomic E-state index is 11.7. The van der Waals surface area contributed by atoms with Crippen molar-refractivity contribution in [3.8, 4) is 0 Å². The lowest BCUT2D eigenvalue weighted by Gasteiger charge is -2.38. The highest BCUT2D eigenvalue weighted by atomic mass is 16.4. The SMILES string of the molecule is Cc1c(C2(C(=O)O)CCC2)c2ccccc2n1C. The van der Waals surface area contributed by atoms with Crippen LogP contribution in [0, 0.1) is 6.92 Å². The second-order valence-corrected chi connectivity index (χ2v) is 5.28. The van der Waals surface area contributed by atoms with Crippen molar-refractivity contribution in [2.45, 2.75) is 31.6 Å². The zero-order chi connectivity index (χ0) is 12.9. The Hall–Kier alpha value is -1.77. The van der Waals surface area contributed by atoms with Crippen molar-refractivity contribution in [3.05, 3.63) is 35.5 Å². The maximum Gasteiger partial charge on any atom is 0.314 e. The number of carbonyl (C=O) groups is 1. The lowest BCUT2D eigenvalue weighted by molar-refractivity contribution is -0.147. The maximum absolute atomic E-state index is 11.7. The van der Waals surface area contributed by atoms with Crippen LogP contribution in [0.1, 0.15) is 30.5 Å². The van der Waals surface area contributed by atoms with Crippen molar-refractivity contribution in [2.24, 2.45) is 7.05 Å². The van der Waals surface area contributed by atoms with Gasteiger partial charge in [-0.3, -0.25) is 4.79 Å². The van der Waals surface area contributed by atoms with Crippen LogP contribution in [0.15, 0.2) is 24.3 Å². The number of rotatable bonds is 2. The molecule has 0 amide bonds. The van der Waals surface area contributed by atoms with Gasteiger partial charge in [-0.25, -0.2) is 0 Å². The highest BCUT2D eigenvalue weighted by Crippen LogP contribution is 2.48. The van der Waals surface area contributed by atoms with Crippen LogP contribution >= 0.6 is 0 Å². The van der Waals surface area contributed by atoms with Crippen molar-refractivity contribution < 1.29 is 9.90 Å². The summed E-state index contributed by atoms with van der Waals surface area (Å²) in [5, 5.41) is 10.7. The average Bonchev–Trinajstić information content (AvgIpc) is 2.54. The number of fused-ring (bicyclic) bond motifs is 1. The van der Waals surface area contributed by atoms with E-state index in [9.17, 15) is 9.90 Å². The molecular weight excluding hydrogens is 226 g/mol. The number of hydrogen-bond acceptors (Lipinski definition) is 1. The minimum Gasteiger partial charge on any atom is -0.481 e. The van der Waals surface area contributed by atoms with Gasteiger partial charge in [0, 0.05) is 23.6 Å². The first-order valence-corrected chi connectivity index (χ1v) is 6.36. The zero-order valence-corrected chi connectivity index (χ0v) is 10.7. The van der Waals surface area contributed by atoms with E-state index in [-0.39, 0.29) is 0 Å². The highest BCUT2D eigenvalue weighted by Gasteiger charge is 2.48. The third-order valence-corrected chi connectivity index (χ3v) is 4.49. The van der Waals surface area contributed by atoms with Crippen LogP contribution in [0.5, 0.6) is 0 Å². The fraction of sp³-hybridized carbons (Fsp3) is 0.400. The molecule has 3 rings (SSSR count). The van der Waals surface area contributed by atoms with E-state index >= 15 is 0 Å². The summed E-state index contributed by atoms with van der Waals surface area (Å²) in [6.07, 6.45) is 2.53. The van der Waals surface area contributed by atoms with Gasteiger partial charge in [-0.2, -0.15) is 0 Å². The first-order valence-electron chi connectivity index (χ1n) is 6.36. The molecule has 1 aromatic heterocycles. The van der Waals surface area contributed by atoms with Crippen LogP contribution in [-0.4, -0.2) is 15.6 Å². The monoisotopic (exact) mass is 243 g/mol. The fourth-order valence-corrected chi connectivity index (χ4v) is 3.23. The molecule has 1 aliphatic rings. The molecule has 3 nitrogen and oxygen atoms in total. The molecule has 1 fully saturated rings. The van der Waals surface area contributed by atoms with Gasteiger partial charge in [0.05, 0.1) is 5.41 Å². The Balaban J connectivity index is 2.35. The van der Waals surface area contributed by atoms with Gasteiger partial charge in [-0.1, -0.05) is 24.6 Å². The molecule has 1 heterocycles. The molecule has 1 N–H and O–H groups in total. The van der Waals surface area contributed by atoms with E-state index in [1.807, 2.05) is 32.2 Å². The van der Waals surface area contributed by atoms with Crippen LogP contribution in [0.4, 0.5) is 0 Å². The minimum absolute atomic E-state index is 0.648. The predicted molar refractivity (Wildman–Crippen MR) is 70.8 cm³/mol. The summed E-state index contributed by atoms with van der Waals surface area (Å²) in [5.74, 6) is -0.673. The summed E-state index contributed by atoms with van der Waals surface area (Å²) in [4.78, 5) is 11.7. The zero-order valence-electron chi connectivity index (χ0n) is 10.7. The summed E-state index contributed by atoms with van der Waals surface area (Å²) in [6.45, 7) is 2.03. The van der Waals surface area contributed by atoms with E-state index in [0.717, 1.165) is 41.4 Å². The van der Waals surface area contributed by atoms with E-state index in [4.69, 9.17) is 0 Å². The number of carboxylic acid groups (broad SMARTS) is 1. The van der Waals surface area contributed by atoms with Gasteiger partial charge in [0.25, 0.3) is 0 Å². The van der Waals surface area contributed by atoms with Crippen molar-refractivity contribution in [3.63, 3.8) is 0 Å². The molecule has 1 aromatic carbocycles. The lowest BCUT2D eigenvalue weighted by atomic mass is 9.63. The van der Waals surface area contributed by atoms with Gasteiger partial charge >= 0.3 is 5.97 Å². The Morgan fingerprint density at radius 3 is 2.56 bits per heavy atom. The first-order chi connectivity index (χ1) is 8.58. The quantitative estimate of drug-likeness (QED) is 0.881. The topological polar surface area (TPSA) is 42.2 Å². The molecule has 2 aromatic rings. The summed E-state index contributed by atoms with van der Waals surface area (Å²) >= 11 is 0. The van der Waals surface area contributed by atoms with E-state index < -0.39 is 11.4 Å². The summed E-state index contributed by atoms with van der Waals surface area (Å²) in [7, 11) is 2.01. The first kappa shape index (κ1) is 11.3. The van der Waals surface area contributed by atoms with Gasteiger partial charge in [-0.15, -0.1) is 0 Å². The lowest BCUT2D eigenvalue weighted by Crippen LogP contribution is -2.42. The molecule has 0 bridgehead atoms. The minimum atomic E-state index is -0.673. The van der Waals surface area contributed by atoms with Crippen molar-refractivity contribution in [1.82, 2.24) is 4.57 Å². The van der Waals surface area contributed by atoms with Crippen LogP contribution in [0.25, 0.3) is 10.9 Å². The van der Waals surface area contributed by atoms with Gasteiger partial charge in [0.15, 0.2) is 0 Å². The molecule has 0 radical (unpaired) electrons. The smallest absolute Gasteiger partial charge is 0.314 e. The Kier molecular flexibility index (Phi) is 2.27. The third-order valence-electron chi connectivity index (χ3n) is 4.49. The number of aliphatic carboxylic acids is 1. The Bertz CT molecular complexity index is 635. The molecule has 94 valence electrons. The second kappa shape index (κ2) is 3.61. The van der Waals surface area contributed by atoms with Crippen molar-refractivity contribution >= 4 is 16.9 Å². The van der Waals surface area contributed by atoms with Crippen LogP contribution < -0.4 is 0 Å². The van der Waals surface area contributed by atoms with E-state index in [2.05, 4.69) is 10.6 Å². The number of carboxylic acids is 1. The normalized spacial score (nSPS) is 17.7. The standard InChI is InChI=1S/C15H17NO2/c1-10-13(15(14(17)18)8-5-9-15)11-6-3-4-7-12(11)16(10)2/h3-4,6-7H,5,8-9H2,1-2H3,(H,17,18). The van der Waals surface area contributed by atoms with E-state index in [1.165, 1.54) is 0 Å². The molecule has 0 spiro atoms. The van der Waals surface area contributed by atoms with Crippen LogP contribution in [-0.2, 0) is 17.3 Å². The largest absolute Gasteiger partial charge is 0.481 e. The Labute approximate surface area is 106 Å². The molecule has 1 saturated carbocycles. The molecule has 3 heteroatoms. The van der Waals surface area contributed by atoms with Crippen LogP contribution in [0.2, 0.25) is 0 Å². The van der Waals surface area contributed by atoms with Gasteiger partial charge in [0.1, 0.15) is 0 Å². The van der Waals surface area contributed by atoms with Gasteiger partial charge < -0.3 is 9.67 Å². The number of nitrogens with zero attached hydrogens (tertiary/aromatic N) is 1. The van der Waals surface area contributed by atoms with E-state index in [1.54, 1.807) is 0 Å². The molecule has 0 saturated heterocycles. The number of benzene rings is 1. The fourth-order valence-electron chi connectivity index (χ4n) is 3.23. The predicted octanol–water partition coefficient (Wildman–Crippen LogP) is 2.99. The Morgan fingerprint density at radius 2 is 2.00 bits per heavy atom. The van der Waals surface area contributed by atoms with Crippen LogP contribution in [0.3, 0.4) is 0 Å². The number of para-hydroxylation sites is 1. The molecule has 0 unspecified atom stereocenters. The Morgan fingerprint density at radius 1 is 1.33 bits per heavy atom. The summed E-state index contributed by atoms with van der Waals surface area (Å²) < 4.78 is 2.10. The molecule has 0 atom stereocenters. The third kappa shape index (κ3) is 1.22. The average molecular weight is 243 g/mol. The molecule has 0 aliphatic heterocycles. The molecule has 18 heavy (non-hydrogen) atoms. The highest BCUT2D eigenvalue weighted by molar-refractivity contribution is 5.94. The van der Waals surface area contributed by atoms with Gasteiger partial charge in [-0.05, 0) is 31.4 Å². The van der Waals surface area contributed by atoms with Gasteiger partial charge in [0.2, 0.25) is 0 Å². The summed E-state index contributed by atoms with van der Waals surface area (Å²) in [6, 6.07) is 8.08. The molecule has 1 aliphatic carbocycles. The summed E-state index contributed by atoms with van der Waals surface area (Å²) in [5.41, 5.74) is 2.58. The second-order valence-electron chi connectivity index (χ2n) is 5.28. The number of aryl methyl sites for hydroxylation is 1. The van der Waals surface area contributed by atoms with E-state index in [0.29, 0.717) is 0 Å².